The Labute approximate surface area is 107 Å². The van der Waals surface area contributed by atoms with E-state index in [-0.39, 0.29) is 12.0 Å². The second-order valence-corrected chi connectivity index (χ2v) is 6.05. The Kier molecular flexibility index (Phi) is 5.90. The van der Waals surface area contributed by atoms with Gasteiger partial charge >= 0.3 is 0 Å². The Balaban J connectivity index is 2.51. The number of rotatable bonds is 8. The van der Waals surface area contributed by atoms with Crippen LogP contribution in [0.4, 0.5) is 0 Å². The molecule has 0 amide bonds. The topological polar surface area (TPSA) is 35.5 Å². The molecule has 0 aromatic rings. The Hall–Kier alpha value is -0.120. The van der Waals surface area contributed by atoms with Gasteiger partial charge in [0.05, 0.1) is 6.61 Å². The highest BCUT2D eigenvalue weighted by molar-refractivity contribution is 4.88. The third-order valence-electron chi connectivity index (χ3n) is 4.27. The summed E-state index contributed by atoms with van der Waals surface area (Å²) < 4.78 is 0. The first-order valence-corrected chi connectivity index (χ1v) is 7.09. The zero-order valence-electron chi connectivity index (χ0n) is 12.0. The first kappa shape index (κ1) is 14.9. The summed E-state index contributed by atoms with van der Waals surface area (Å²) in [4.78, 5) is 2.48. The minimum atomic E-state index is 0.251. The van der Waals surface area contributed by atoms with Gasteiger partial charge in [-0.25, -0.2) is 0 Å². The normalized spacial score (nSPS) is 19.4. The molecule has 102 valence electrons. The third-order valence-corrected chi connectivity index (χ3v) is 4.27. The second kappa shape index (κ2) is 6.72. The maximum atomic E-state index is 9.19. The van der Waals surface area contributed by atoms with Crippen LogP contribution >= 0.6 is 0 Å². The molecule has 0 radical (unpaired) electrons. The molecule has 2 N–H and O–H groups in total. The largest absolute Gasteiger partial charge is 0.395 e. The van der Waals surface area contributed by atoms with Crippen molar-refractivity contribution in [3.8, 4) is 0 Å². The smallest absolute Gasteiger partial charge is 0.0558 e. The van der Waals surface area contributed by atoms with E-state index in [1.807, 2.05) is 0 Å². The third kappa shape index (κ3) is 4.23. The van der Waals surface area contributed by atoms with E-state index in [2.05, 4.69) is 37.9 Å². The minimum Gasteiger partial charge on any atom is -0.395 e. The van der Waals surface area contributed by atoms with Crippen LogP contribution in [0.15, 0.2) is 0 Å². The van der Waals surface area contributed by atoms with Crippen LogP contribution in [0.5, 0.6) is 0 Å². The quantitative estimate of drug-likeness (QED) is 0.682. The van der Waals surface area contributed by atoms with Crippen LogP contribution in [0.1, 0.15) is 47.0 Å². The standard InChI is InChI=1S/C14H30N2O/c1-5-15-12(2)14(3,4)11-16(9-10-17)13-7-6-8-13/h12-13,15,17H,5-11H2,1-4H3. The molecule has 0 heterocycles. The summed E-state index contributed by atoms with van der Waals surface area (Å²) in [7, 11) is 0. The van der Waals surface area contributed by atoms with Gasteiger partial charge in [0.15, 0.2) is 0 Å². The molecular weight excluding hydrogens is 212 g/mol. The maximum Gasteiger partial charge on any atom is 0.0558 e. The molecule has 3 heteroatoms. The molecule has 1 unspecified atom stereocenters. The van der Waals surface area contributed by atoms with E-state index < -0.39 is 0 Å². The van der Waals surface area contributed by atoms with Crippen LogP contribution in [-0.2, 0) is 0 Å². The molecule has 0 aliphatic heterocycles. The summed E-state index contributed by atoms with van der Waals surface area (Å²) in [5.74, 6) is 0. The maximum absolute atomic E-state index is 9.19. The van der Waals surface area contributed by atoms with Crippen molar-refractivity contribution in [3.63, 3.8) is 0 Å². The van der Waals surface area contributed by atoms with Crippen molar-refractivity contribution < 1.29 is 5.11 Å². The van der Waals surface area contributed by atoms with Crippen LogP contribution in [0.3, 0.4) is 0 Å². The van der Waals surface area contributed by atoms with Gasteiger partial charge in [0.25, 0.3) is 0 Å². The van der Waals surface area contributed by atoms with Crippen molar-refractivity contribution in [1.29, 1.82) is 0 Å². The van der Waals surface area contributed by atoms with Gasteiger partial charge in [-0.15, -0.1) is 0 Å². The lowest BCUT2D eigenvalue weighted by Gasteiger charge is -2.43. The number of hydrogen-bond donors (Lipinski definition) is 2. The van der Waals surface area contributed by atoms with Gasteiger partial charge in [-0.2, -0.15) is 0 Å². The predicted molar refractivity (Wildman–Crippen MR) is 73.2 cm³/mol. The molecule has 0 saturated heterocycles. The first-order valence-electron chi connectivity index (χ1n) is 7.09. The van der Waals surface area contributed by atoms with Crippen LogP contribution in [0.2, 0.25) is 0 Å². The number of aliphatic hydroxyl groups is 1. The fourth-order valence-electron chi connectivity index (χ4n) is 2.51. The lowest BCUT2D eigenvalue weighted by Crippen LogP contribution is -2.51. The predicted octanol–water partition coefficient (Wildman–Crippen LogP) is 1.86. The van der Waals surface area contributed by atoms with E-state index in [0.717, 1.165) is 25.7 Å². The minimum absolute atomic E-state index is 0.251. The zero-order valence-corrected chi connectivity index (χ0v) is 12.0. The van der Waals surface area contributed by atoms with Crippen LogP contribution < -0.4 is 5.32 Å². The summed E-state index contributed by atoms with van der Waals surface area (Å²) in [5.41, 5.74) is 0.251. The van der Waals surface area contributed by atoms with Gasteiger partial charge in [-0.3, -0.25) is 4.90 Å². The Bertz CT molecular complexity index is 214. The summed E-state index contributed by atoms with van der Waals surface area (Å²) in [6.07, 6.45) is 3.98. The molecule has 1 aliphatic rings. The number of nitrogens with zero attached hydrogens (tertiary/aromatic N) is 1. The van der Waals surface area contributed by atoms with Crippen molar-refractivity contribution in [2.24, 2.45) is 5.41 Å². The highest BCUT2D eigenvalue weighted by atomic mass is 16.3. The molecule has 0 spiro atoms. The van der Waals surface area contributed by atoms with Gasteiger partial charge < -0.3 is 10.4 Å². The number of nitrogens with one attached hydrogen (secondary N) is 1. The first-order chi connectivity index (χ1) is 8.01. The monoisotopic (exact) mass is 242 g/mol. The summed E-state index contributed by atoms with van der Waals surface area (Å²) in [6.45, 7) is 12.3. The molecular formula is C14H30N2O. The molecule has 1 atom stereocenters. The van der Waals surface area contributed by atoms with E-state index >= 15 is 0 Å². The Morgan fingerprint density at radius 2 is 2.06 bits per heavy atom. The van der Waals surface area contributed by atoms with E-state index in [1.54, 1.807) is 0 Å². The molecule has 1 saturated carbocycles. The van der Waals surface area contributed by atoms with Crippen molar-refractivity contribution in [1.82, 2.24) is 10.2 Å². The van der Waals surface area contributed by atoms with Crippen molar-refractivity contribution in [3.05, 3.63) is 0 Å². The highest BCUT2D eigenvalue weighted by Crippen LogP contribution is 2.29. The van der Waals surface area contributed by atoms with Crippen LogP contribution in [-0.4, -0.2) is 48.3 Å². The van der Waals surface area contributed by atoms with Crippen LogP contribution in [0.25, 0.3) is 0 Å². The molecule has 1 fully saturated rings. The van der Waals surface area contributed by atoms with Crippen molar-refractivity contribution in [2.45, 2.75) is 59.0 Å². The van der Waals surface area contributed by atoms with Gasteiger partial charge in [-0.1, -0.05) is 27.2 Å². The van der Waals surface area contributed by atoms with E-state index in [1.165, 1.54) is 19.3 Å². The average Bonchev–Trinajstić information content (AvgIpc) is 2.15. The molecule has 1 rings (SSSR count). The Morgan fingerprint density at radius 1 is 1.41 bits per heavy atom. The average molecular weight is 242 g/mol. The summed E-state index contributed by atoms with van der Waals surface area (Å²) in [5, 5.41) is 12.7. The zero-order chi connectivity index (χ0) is 12.9. The van der Waals surface area contributed by atoms with E-state index in [9.17, 15) is 5.11 Å². The molecule has 17 heavy (non-hydrogen) atoms. The van der Waals surface area contributed by atoms with E-state index in [4.69, 9.17) is 0 Å². The summed E-state index contributed by atoms with van der Waals surface area (Å²) in [6, 6.07) is 1.23. The lowest BCUT2D eigenvalue weighted by molar-refractivity contribution is 0.0528. The Morgan fingerprint density at radius 3 is 2.47 bits per heavy atom. The van der Waals surface area contributed by atoms with Gasteiger partial charge in [0.1, 0.15) is 0 Å². The van der Waals surface area contributed by atoms with Crippen molar-refractivity contribution >= 4 is 0 Å². The molecule has 3 nitrogen and oxygen atoms in total. The fourth-order valence-corrected chi connectivity index (χ4v) is 2.51. The second-order valence-electron chi connectivity index (χ2n) is 6.05. The highest BCUT2D eigenvalue weighted by Gasteiger charge is 2.32. The fraction of sp³-hybridized carbons (Fsp3) is 1.00. The molecule has 0 aromatic heterocycles. The van der Waals surface area contributed by atoms with Crippen molar-refractivity contribution in [2.75, 3.05) is 26.2 Å². The van der Waals surface area contributed by atoms with Crippen LogP contribution in [0, 0.1) is 5.41 Å². The number of hydrogen-bond acceptors (Lipinski definition) is 3. The van der Waals surface area contributed by atoms with Gasteiger partial charge in [0, 0.05) is 25.2 Å². The lowest BCUT2D eigenvalue weighted by atomic mass is 9.82. The molecule has 0 bridgehead atoms. The number of aliphatic hydroxyl groups excluding tert-OH is 1. The SMILES string of the molecule is CCNC(C)C(C)(C)CN(CCO)C1CCC1. The van der Waals surface area contributed by atoms with Gasteiger partial charge in [0.2, 0.25) is 0 Å². The molecule has 1 aliphatic carbocycles. The molecule has 0 aromatic carbocycles. The van der Waals surface area contributed by atoms with Gasteiger partial charge in [-0.05, 0) is 31.7 Å². The summed E-state index contributed by atoms with van der Waals surface area (Å²) >= 11 is 0. The van der Waals surface area contributed by atoms with E-state index in [0.29, 0.717) is 6.04 Å².